The molecule has 0 radical (unpaired) electrons. The quantitative estimate of drug-likeness (QED) is 0.391. The molecule has 0 N–H and O–H groups in total. The lowest BCUT2D eigenvalue weighted by Gasteiger charge is -2.35. The van der Waals surface area contributed by atoms with Gasteiger partial charge in [-0.2, -0.15) is 0 Å². The van der Waals surface area contributed by atoms with Gasteiger partial charge in [0.2, 0.25) is 17.6 Å². The van der Waals surface area contributed by atoms with Crippen molar-refractivity contribution in [3.05, 3.63) is 94.0 Å². The average molecular weight is 479 g/mol. The minimum absolute atomic E-state index is 0.148. The van der Waals surface area contributed by atoms with Gasteiger partial charge in [-0.1, -0.05) is 47.5 Å². The first kappa shape index (κ1) is 20.3. The van der Waals surface area contributed by atoms with Gasteiger partial charge in [-0.3, -0.25) is 14.4 Å². The fourth-order valence-corrected chi connectivity index (χ4v) is 5.81. The highest BCUT2D eigenvalue weighted by atomic mass is 35.5. The maximum atomic E-state index is 13.8. The number of nitrogens with zero attached hydrogens (tertiary/aromatic N) is 2. The molecule has 3 aliphatic rings. The fraction of sp³-hybridized carbons (Fsp3) is 0.160. The summed E-state index contributed by atoms with van der Waals surface area (Å²) in [4.78, 5) is 44.0. The topological polar surface area (TPSA) is 70.8 Å². The summed E-state index contributed by atoms with van der Waals surface area (Å²) < 4.78 is 5.37. The molecular formula is C25H16Cl2N2O4. The van der Waals surface area contributed by atoms with E-state index in [0.717, 1.165) is 16.0 Å². The number of Topliss-reactive ketones (excluding diaryl/α,β-unsaturated/α-hetero) is 1. The Morgan fingerprint density at radius 1 is 0.939 bits per heavy atom. The maximum Gasteiger partial charge on any atom is 0.240 e. The van der Waals surface area contributed by atoms with Gasteiger partial charge in [0.25, 0.3) is 0 Å². The van der Waals surface area contributed by atoms with Crippen molar-refractivity contribution in [2.75, 3.05) is 4.90 Å². The van der Waals surface area contributed by atoms with Crippen LogP contribution in [-0.4, -0.2) is 28.5 Å². The third-order valence-electron chi connectivity index (χ3n) is 6.64. The molecule has 6 rings (SSSR count). The van der Waals surface area contributed by atoms with E-state index in [4.69, 9.17) is 27.6 Å². The van der Waals surface area contributed by atoms with E-state index in [1.165, 1.54) is 12.3 Å². The van der Waals surface area contributed by atoms with Gasteiger partial charge in [-0.15, -0.1) is 0 Å². The zero-order chi connectivity index (χ0) is 22.9. The molecule has 2 amide bonds. The molecule has 3 aliphatic heterocycles. The third-order valence-corrected chi connectivity index (χ3v) is 7.18. The fourth-order valence-electron chi connectivity index (χ4n) is 5.32. The van der Waals surface area contributed by atoms with Gasteiger partial charge >= 0.3 is 0 Å². The molecule has 2 saturated heterocycles. The van der Waals surface area contributed by atoms with Gasteiger partial charge in [-0.25, -0.2) is 4.90 Å². The molecule has 164 valence electrons. The lowest BCUT2D eigenvalue weighted by Crippen LogP contribution is -2.44. The zero-order valence-corrected chi connectivity index (χ0v) is 18.5. The van der Waals surface area contributed by atoms with Crippen LogP contribution in [0.2, 0.25) is 10.0 Å². The van der Waals surface area contributed by atoms with Gasteiger partial charge in [0.05, 0.1) is 34.9 Å². The molecule has 8 heteroatoms. The van der Waals surface area contributed by atoms with Crippen LogP contribution in [0.4, 0.5) is 5.69 Å². The number of imide groups is 1. The van der Waals surface area contributed by atoms with Gasteiger partial charge in [0.1, 0.15) is 6.04 Å². The van der Waals surface area contributed by atoms with Crippen LogP contribution in [0.15, 0.2) is 71.5 Å². The van der Waals surface area contributed by atoms with E-state index in [9.17, 15) is 14.4 Å². The van der Waals surface area contributed by atoms with E-state index < -0.39 is 29.8 Å². The standard InChI is InChI=1S/C25H16Cl2N2O4/c26-14-7-8-17(16(27)12-14)29-24(31)19-20(25(29)32)22(23(30)18-6-3-11-33-18)28-10-9-13-4-1-2-5-15(13)21(19)28/h1-12,19-22H/t19-,20-,21+,22+/m0/s1. The third kappa shape index (κ3) is 2.84. The lowest BCUT2D eigenvalue weighted by atomic mass is 9.84. The number of halogens is 2. The first-order valence-corrected chi connectivity index (χ1v) is 11.2. The Bertz CT molecular complexity index is 1350. The van der Waals surface area contributed by atoms with E-state index >= 15 is 0 Å². The van der Waals surface area contributed by atoms with Gasteiger partial charge < -0.3 is 9.32 Å². The second-order valence-corrected chi connectivity index (χ2v) is 9.13. The Kier molecular flexibility index (Phi) is 4.50. The summed E-state index contributed by atoms with van der Waals surface area (Å²) in [5, 5.41) is 0.588. The first-order chi connectivity index (χ1) is 16.0. The summed E-state index contributed by atoms with van der Waals surface area (Å²) in [6.07, 6.45) is 5.12. The molecule has 2 fully saturated rings. The van der Waals surface area contributed by atoms with E-state index in [1.54, 1.807) is 30.5 Å². The molecule has 0 spiro atoms. The van der Waals surface area contributed by atoms with Crippen LogP contribution in [-0.2, 0) is 9.59 Å². The summed E-state index contributed by atoms with van der Waals surface area (Å²) in [6, 6.07) is 14.2. The molecule has 0 bridgehead atoms. The molecule has 3 aromatic rings. The minimum Gasteiger partial charge on any atom is -0.461 e. The highest BCUT2D eigenvalue weighted by Crippen LogP contribution is 2.54. The van der Waals surface area contributed by atoms with Gasteiger partial charge in [-0.05, 0) is 47.5 Å². The Balaban J connectivity index is 1.51. The van der Waals surface area contributed by atoms with Crippen LogP contribution in [0.3, 0.4) is 0 Å². The largest absolute Gasteiger partial charge is 0.461 e. The van der Waals surface area contributed by atoms with E-state index in [0.29, 0.717) is 5.02 Å². The van der Waals surface area contributed by atoms with E-state index in [1.807, 2.05) is 35.2 Å². The van der Waals surface area contributed by atoms with Crippen molar-refractivity contribution in [1.29, 1.82) is 0 Å². The monoisotopic (exact) mass is 478 g/mol. The number of furan rings is 1. The van der Waals surface area contributed by atoms with Crippen LogP contribution < -0.4 is 4.90 Å². The van der Waals surface area contributed by atoms with Crippen molar-refractivity contribution in [2.45, 2.75) is 12.1 Å². The van der Waals surface area contributed by atoms with Crippen molar-refractivity contribution in [2.24, 2.45) is 11.8 Å². The van der Waals surface area contributed by atoms with Crippen LogP contribution in [0.5, 0.6) is 0 Å². The Labute approximate surface area is 199 Å². The zero-order valence-electron chi connectivity index (χ0n) is 17.0. The van der Waals surface area contributed by atoms with Crippen LogP contribution in [0.1, 0.15) is 27.7 Å². The van der Waals surface area contributed by atoms with Crippen molar-refractivity contribution < 1.29 is 18.8 Å². The number of carbonyl (C=O) groups is 3. The summed E-state index contributed by atoms with van der Waals surface area (Å²) in [5.41, 5.74) is 2.11. The van der Waals surface area contributed by atoms with Crippen LogP contribution >= 0.6 is 23.2 Å². The Morgan fingerprint density at radius 3 is 2.48 bits per heavy atom. The maximum absolute atomic E-state index is 13.8. The SMILES string of the molecule is O=C(c1ccco1)[C@H]1[C@H]2C(=O)N(c3ccc(Cl)cc3Cl)C(=O)[C@@H]2[C@H]2c3ccccc3C=CN21. The van der Waals surface area contributed by atoms with Crippen molar-refractivity contribution >= 4 is 52.6 Å². The van der Waals surface area contributed by atoms with E-state index in [2.05, 4.69) is 0 Å². The average Bonchev–Trinajstić information content (AvgIpc) is 3.51. The smallest absolute Gasteiger partial charge is 0.240 e. The second-order valence-electron chi connectivity index (χ2n) is 8.28. The molecule has 4 heterocycles. The predicted octanol–water partition coefficient (Wildman–Crippen LogP) is 4.98. The molecular weight excluding hydrogens is 463 g/mol. The molecule has 0 saturated carbocycles. The normalized spacial score (nSPS) is 25.3. The summed E-state index contributed by atoms with van der Waals surface area (Å²) in [5.74, 6) is -2.67. The Morgan fingerprint density at radius 2 is 1.73 bits per heavy atom. The number of amides is 2. The number of anilines is 1. The summed E-state index contributed by atoms with van der Waals surface area (Å²) in [6.45, 7) is 0. The van der Waals surface area contributed by atoms with Gasteiger partial charge in [0, 0.05) is 11.2 Å². The molecule has 0 aliphatic carbocycles. The highest BCUT2D eigenvalue weighted by Gasteiger charge is 2.65. The molecule has 2 aromatic carbocycles. The summed E-state index contributed by atoms with van der Waals surface area (Å²) in [7, 11) is 0. The lowest BCUT2D eigenvalue weighted by molar-refractivity contribution is -0.123. The predicted molar refractivity (Wildman–Crippen MR) is 123 cm³/mol. The molecule has 0 unspecified atom stereocenters. The second kappa shape index (κ2) is 7.33. The Hall–Kier alpha value is -3.35. The van der Waals surface area contributed by atoms with Crippen LogP contribution in [0, 0.1) is 11.8 Å². The number of benzene rings is 2. The molecule has 33 heavy (non-hydrogen) atoms. The number of rotatable bonds is 3. The number of hydrogen-bond donors (Lipinski definition) is 0. The number of fused-ring (bicyclic) bond motifs is 5. The first-order valence-electron chi connectivity index (χ1n) is 10.4. The number of carbonyl (C=O) groups excluding carboxylic acids is 3. The molecule has 4 atom stereocenters. The molecule has 6 nitrogen and oxygen atoms in total. The minimum atomic E-state index is -0.886. The summed E-state index contributed by atoms with van der Waals surface area (Å²) >= 11 is 12.4. The molecule has 1 aromatic heterocycles. The van der Waals surface area contributed by atoms with Gasteiger partial charge in [0.15, 0.2) is 5.76 Å². The van der Waals surface area contributed by atoms with Crippen molar-refractivity contribution in [3.63, 3.8) is 0 Å². The van der Waals surface area contributed by atoms with Crippen LogP contribution in [0.25, 0.3) is 6.08 Å². The van der Waals surface area contributed by atoms with Crippen molar-refractivity contribution in [3.8, 4) is 0 Å². The number of hydrogen-bond acceptors (Lipinski definition) is 5. The number of ketones is 1. The van der Waals surface area contributed by atoms with Crippen molar-refractivity contribution in [1.82, 2.24) is 4.90 Å². The highest BCUT2D eigenvalue weighted by molar-refractivity contribution is 6.38. The van der Waals surface area contributed by atoms with E-state index in [-0.39, 0.29) is 28.2 Å².